The van der Waals surface area contributed by atoms with Gasteiger partial charge in [0.2, 0.25) is 5.91 Å². The molecule has 6 aromatic rings. The fourth-order valence-corrected chi connectivity index (χ4v) is 7.88. The van der Waals surface area contributed by atoms with Crippen LogP contribution in [0.15, 0.2) is 102 Å². The van der Waals surface area contributed by atoms with Gasteiger partial charge in [0.05, 0.1) is 10.6 Å². The van der Waals surface area contributed by atoms with Crippen molar-refractivity contribution in [1.82, 2.24) is 28.5 Å². The highest BCUT2D eigenvalue weighted by atomic mass is 32.2. The molecule has 12 heteroatoms. The number of fused-ring (bicyclic) bond motifs is 2. The number of carbonyl (C=O) groups excluding carboxylic acids is 2. The second-order valence-corrected chi connectivity index (χ2v) is 14.3. The SMILES string of the molecule is CCn1cc(-c2ccnc3c2cc(-c2ccc4c(c2)CN(C(C)=O)CC4)n3S(=O)(=O)c2ccccc2)c(-c2ccc(NC(=O)N(C)C)cc2)n1. The van der Waals surface area contributed by atoms with Crippen LogP contribution in [-0.2, 0) is 34.3 Å². The molecule has 3 amide bonds. The molecule has 0 bridgehead atoms. The number of nitrogens with zero attached hydrogens (tertiary/aromatic N) is 6. The predicted octanol–water partition coefficient (Wildman–Crippen LogP) is 6.49. The third kappa shape index (κ3) is 5.91. The molecule has 4 heterocycles. The number of carbonyl (C=O) groups is 2. The van der Waals surface area contributed by atoms with Crippen molar-refractivity contribution in [3.8, 4) is 33.6 Å². The molecule has 0 unspecified atom stereocenters. The molecule has 1 aliphatic heterocycles. The summed E-state index contributed by atoms with van der Waals surface area (Å²) in [7, 11) is -0.736. The molecule has 0 fully saturated rings. The molecule has 0 atom stereocenters. The van der Waals surface area contributed by atoms with E-state index in [2.05, 4.69) is 10.3 Å². The summed E-state index contributed by atoms with van der Waals surface area (Å²) in [5.74, 6) is 0.00653. The van der Waals surface area contributed by atoms with Gasteiger partial charge in [-0.2, -0.15) is 5.10 Å². The van der Waals surface area contributed by atoms with E-state index in [9.17, 15) is 18.0 Å². The second-order valence-electron chi connectivity index (χ2n) is 12.5. The summed E-state index contributed by atoms with van der Waals surface area (Å²) in [4.78, 5) is 32.5. The maximum absolute atomic E-state index is 14.5. The number of aromatic nitrogens is 4. The van der Waals surface area contributed by atoms with Crippen molar-refractivity contribution in [2.45, 2.75) is 38.3 Å². The average molecular weight is 688 g/mol. The predicted molar refractivity (Wildman–Crippen MR) is 194 cm³/mol. The van der Waals surface area contributed by atoms with Crippen LogP contribution in [0.1, 0.15) is 25.0 Å². The number of aryl methyl sites for hydroxylation is 1. The number of benzene rings is 3. The number of amides is 3. The Morgan fingerprint density at radius 3 is 2.34 bits per heavy atom. The maximum Gasteiger partial charge on any atom is 0.321 e. The van der Waals surface area contributed by atoms with Gasteiger partial charge in [-0.05, 0) is 78.1 Å². The monoisotopic (exact) mass is 687 g/mol. The molecule has 0 aliphatic carbocycles. The van der Waals surface area contributed by atoms with Gasteiger partial charge in [0, 0.05) is 75.2 Å². The highest BCUT2D eigenvalue weighted by molar-refractivity contribution is 7.90. The lowest BCUT2D eigenvalue weighted by atomic mass is 9.96. The van der Waals surface area contributed by atoms with E-state index in [1.54, 1.807) is 62.4 Å². The molecule has 3 aromatic heterocycles. The maximum atomic E-state index is 14.5. The lowest BCUT2D eigenvalue weighted by Gasteiger charge is -2.28. The van der Waals surface area contributed by atoms with Crippen LogP contribution in [0.3, 0.4) is 0 Å². The fraction of sp³-hybridized carbons (Fsp3) is 0.211. The Balaban J connectivity index is 1.42. The Morgan fingerprint density at radius 2 is 1.64 bits per heavy atom. The molecular weight excluding hydrogens is 651 g/mol. The summed E-state index contributed by atoms with van der Waals surface area (Å²) in [6.45, 7) is 5.31. The Morgan fingerprint density at radius 1 is 0.900 bits per heavy atom. The van der Waals surface area contributed by atoms with E-state index in [1.165, 1.54) is 8.87 Å². The number of pyridine rings is 1. The highest BCUT2D eigenvalue weighted by Crippen LogP contribution is 2.40. The molecule has 0 saturated heterocycles. The van der Waals surface area contributed by atoms with E-state index in [0.717, 1.165) is 34.2 Å². The second kappa shape index (κ2) is 12.9. The van der Waals surface area contributed by atoms with Crippen LogP contribution in [0.5, 0.6) is 0 Å². The summed E-state index contributed by atoms with van der Waals surface area (Å²) in [6, 6.07) is 25.3. The van der Waals surface area contributed by atoms with Gasteiger partial charge in [-0.1, -0.05) is 42.5 Å². The number of urea groups is 1. The Hall–Kier alpha value is -5.75. The molecular formula is C38H37N7O4S. The van der Waals surface area contributed by atoms with Crippen molar-refractivity contribution in [2.75, 3.05) is 26.0 Å². The summed E-state index contributed by atoms with van der Waals surface area (Å²) >= 11 is 0. The van der Waals surface area contributed by atoms with Gasteiger partial charge >= 0.3 is 6.03 Å². The Bertz CT molecular complexity index is 2360. The molecule has 1 N–H and O–H groups in total. The summed E-state index contributed by atoms with van der Waals surface area (Å²) < 4.78 is 32.2. The number of rotatable bonds is 7. The molecule has 0 radical (unpaired) electrons. The van der Waals surface area contributed by atoms with E-state index >= 15 is 0 Å². The Labute approximate surface area is 290 Å². The molecule has 0 spiro atoms. The van der Waals surface area contributed by atoms with E-state index in [-0.39, 0.29) is 16.8 Å². The van der Waals surface area contributed by atoms with Gasteiger partial charge in [-0.25, -0.2) is 22.2 Å². The van der Waals surface area contributed by atoms with Gasteiger partial charge < -0.3 is 15.1 Å². The first-order chi connectivity index (χ1) is 24.0. The van der Waals surface area contributed by atoms with E-state index in [0.29, 0.717) is 53.3 Å². The number of nitrogens with one attached hydrogen (secondary N) is 1. The Kier molecular flexibility index (Phi) is 8.48. The van der Waals surface area contributed by atoms with Crippen molar-refractivity contribution in [3.05, 3.63) is 108 Å². The number of hydrogen-bond donors (Lipinski definition) is 1. The topological polar surface area (TPSA) is 122 Å². The molecule has 11 nitrogen and oxygen atoms in total. The minimum absolute atomic E-state index is 0.00653. The van der Waals surface area contributed by atoms with E-state index in [4.69, 9.17) is 5.10 Å². The summed E-state index contributed by atoms with van der Waals surface area (Å²) in [5, 5.41) is 8.41. The van der Waals surface area contributed by atoms with Crippen LogP contribution in [0.2, 0.25) is 0 Å². The highest BCUT2D eigenvalue weighted by Gasteiger charge is 2.28. The van der Waals surface area contributed by atoms with Gasteiger partial charge in [0.1, 0.15) is 5.69 Å². The smallest absolute Gasteiger partial charge is 0.321 e. The first kappa shape index (κ1) is 32.8. The standard InChI is InChI=1S/C38H37N7O4S/c1-5-44-24-34(36(41-44)27-13-15-30(16-14-27)40-38(47)42(3)4)32-17-19-39-37-33(32)22-35(45(37)50(48,49)31-9-7-6-8-10-31)28-12-11-26-18-20-43(25(2)46)23-29(26)21-28/h6-17,19,21-22,24H,5,18,20,23H2,1-4H3,(H,40,47). The van der Waals surface area contributed by atoms with Crippen LogP contribution < -0.4 is 5.32 Å². The minimum Gasteiger partial charge on any atom is -0.338 e. The van der Waals surface area contributed by atoms with Crippen LogP contribution >= 0.6 is 0 Å². The minimum atomic E-state index is -4.10. The molecule has 0 saturated carbocycles. The zero-order valence-electron chi connectivity index (χ0n) is 28.3. The first-order valence-electron chi connectivity index (χ1n) is 16.4. The number of hydrogen-bond acceptors (Lipinski definition) is 6. The summed E-state index contributed by atoms with van der Waals surface area (Å²) in [6.07, 6.45) is 4.33. The molecule has 50 heavy (non-hydrogen) atoms. The van der Waals surface area contributed by atoms with Gasteiger partial charge in [-0.3, -0.25) is 9.48 Å². The van der Waals surface area contributed by atoms with Crippen LogP contribution in [-0.4, -0.2) is 69.5 Å². The van der Waals surface area contributed by atoms with Gasteiger partial charge in [0.25, 0.3) is 10.0 Å². The van der Waals surface area contributed by atoms with Crippen molar-refractivity contribution in [1.29, 1.82) is 0 Å². The summed E-state index contributed by atoms with van der Waals surface area (Å²) in [5.41, 5.74) is 7.39. The van der Waals surface area contributed by atoms with Crippen molar-refractivity contribution in [3.63, 3.8) is 0 Å². The molecule has 7 rings (SSSR count). The van der Waals surface area contributed by atoms with E-state index in [1.807, 2.05) is 72.4 Å². The largest absolute Gasteiger partial charge is 0.338 e. The third-order valence-electron chi connectivity index (χ3n) is 9.09. The van der Waals surface area contributed by atoms with Gasteiger partial charge in [-0.15, -0.1) is 0 Å². The zero-order chi connectivity index (χ0) is 35.2. The zero-order valence-corrected chi connectivity index (χ0v) is 29.1. The fourth-order valence-electron chi connectivity index (χ4n) is 6.38. The van der Waals surface area contributed by atoms with Crippen LogP contribution in [0, 0.1) is 0 Å². The average Bonchev–Trinajstić information content (AvgIpc) is 3.75. The molecule has 254 valence electrons. The van der Waals surface area contributed by atoms with Crippen molar-refractivity contribution < 1.29 is 18.0 Å². The van der Waals surface area contributed by atoms with Gasteiger partial charge in [0.15, 0.2) is 5.65 Å². The lowest BCUT2D eigenvalue weighted by molar-refractivity contribution is -0.129. The molecule has 3 aromatic carbocycles. The van der Waals surface area contributed by atoms with E-state index < -0.39 is 10.0 Å². The van der Waals surface area contributed by atoms with Crippen molar-refractivity contribution in [2.24, 2.45) is 0 Å². The van der Waals surface area contributed by atoms with Crippen LogP contribution in [0.25, 0.3) is 44.7 Å². The quantitative estimate of drug-likeness (QED) is 0.205. The third-order valence-corrected chi connectivity index (χ3v) is 10.8. The van der Waals surface area contributed by atoms with Crippen molar-refractivity contribution >= 4 is 38.7 Å². The lowest BCUT2D eigenvalue weighted by Crippen LogP contribution is -2.34. The van der Waals surface area contributed by atoms with Crippen LogP contribution in [0.4, 0.5) is 10.5 Å². The molecule has 1 aliphatic rings. The number of anilines is 1. The normalized spacial score (nSPS) is 12.9. The first-order valence-corrected chi connectivity index (χ1v) is 17.8.